The number of anilines is 1. The van der Waals surface area contributed by atoms with E-state index >= 15 is 0 Å². The van der Waals surface area contributed by atoms with Crippen molar-refractivity contribution in [1.82, 2.24) is 4.90 Å². The molecule has 2 amide bonds. The van der Waals surface area contributed by atoms with Gasteiger partial charge in [-0.15, -0.1) is 0 Å². The molecule has 3 aliphatic rings. The topological polar surface area (TPSA) is 75.4 Å². The Morgan fingerprint density at radius 2 is 1.48 bits per heavy atom. The fourth-order valence-electron chi connectivity index (χ4n) is 5.95. The number of carbonyl (C=O) groups is 2. The van der Waals surface area contributed by atoms with E-state index in [2.05, 4.69) is 10.2 Å². The molecule has 0 radical (unpaired) electrons. The molecule has 1 aromatic carbocycles. The van der Waals surface area contributed by atoms with Crippen LogP contribution in [0.25, 0.3) is 0 Å². The minimum Gasteiger partial charge on any atom is -0.335 e. The van der Waals surface area contributed by atoms with E-state index < -0.39 is 0 Å². The molecule has 1 aromatic rings. The molecule has 0 unspecified atom stereocenters. The molecule has 0 saturated heterocycles. The first-order valence-corrected chi connectivity index (χ1v) is 13.5. The van der Waals surface area contributed by atoms with E-state index in [4.69, 9.17) is 17.3 Å². The molecule has 6 heteroatoms. The lowest BCUT2D eigenvalue weighted by molar-refractivity contribution is -0.140. The predicted octanol–water partition coefficient (Wildman–Crippen LogP) is 6.04. The number of hydrogen-bond acceptors (Lipinski definition) is 3. The first kappa shape index (κ1) is 24.5. The highest BCUT2D eigenvalue weighted by Crippen LogP contribution is 2.32. The number of nitrogens with two attached hydrogens (primary N) is 1. The number of amides is 2. The van der Waals surface area contributed by atoms with E-state index in [1.54, 1.807) is 0 Å². The Bertz CT molecular complexity index is 810. The van der Waals surface area contributed by atoms with Gasteiger partial charge in [0.05, 0.1) is 0 Å². The zero-order valence-electron chi connectivity index (χ0n) is 19.9. The van der Waals surface area contributed by atoms with Crippen LogP contribution in [0.4, 0.5) is 5.69 Å². The SMILES string of the molecule is NC1CCC(N(Cc2cc(NC(=O)C3CCCCC3)ccc2Cl)C(=O)C2CCCCC2)CC1. The number of nitrogens with one attached hydrogen (secondary N) is 1. The second kappa shape index (κ2) is 11.7. The van der Waals surface area contributed by atoms with Gasteiger partial charge in [-0.3, -0.25) is 9.59 Å². The standard InChI is InChI=1S/C27H40ClN3O2/c28-25-16-13-23(30-26(32)19-7-3-1-4-8-19)17-21(25)18-31(24-14-11-22(29)12-15-24)27(33)20-9-5-2-6-10-20/h13,16-17,19-20,22,24H,1-12,14-15,18,29H2,(H,30,32). The van der Waals surface area contributed by atoms with Gasteiger partial charge in [-0.1, -0.05) is 50.1 Å². The first-order chi connectivity index (χ1) is 16.0. The number of benzene rings is 1. The van der Waals surface area contributed by atoms with Crippen molar-refractivity contribution < 1.29 is 9.59 Å². The fourth-order valence-corrected chi connectivity index (χ4v) is 6.13. The predicted molar refractivity (Wildman–Crippen MR) is 134 cm³/mol. The van der Waals surface area contributed by atoms with Gasteiger partial charge in [0.1, 0.15) is 0 Å². The normalized spacial score (nSPS) is 24.9. The summed E-state index contributed by atoms with van der Waals surface area (Å²) >= 11 is 6.61. The van der Waals surface area contributed by atoms with Crippen LogP contribution in [0.5, 0.6) is 0 Å². The van der Waals surface area contributed by atoms with Crippen LogP contribution in [0.2, 0.25) is 5.02 Å². The highest BCUT2D eigenvalue weighted by molar-refractivity contribution is 6.31. The van der Waals surface area contributed by atoms with Crippen LogP contribution in [0.3, 0.4) is 0 Å². The van der Waals surface area contributed by atoms with E-state index in [9.17, 15) is 9.59 Å². The van der Waals surface area contributed by atoms with E-state index in [-0.39, 0.29) is 35.7 Å². The third kappa shape index (κ3) is 6.51. The molecule has 3 N–H and O–H groups in total. The Kier molecular flexibility index (Phi) is 8.70. The highest BCUT2D eigenvalue weighted by Gasteiger charge is 2.33. The van der Waals surface area contributed by atoms with Crippen LogP contribution >= 0.6 is 11.6 Å². The minimum absolute atomic E-state index is 0.105. The lowest BCUT2D eigenvalue weighted by atomic mass is 9.85. The van der Waals surface area contributed by atoms with Gasteiger partial charge in [0.15, 0.2) is 0 Å². The largest absolute Gasteiger partial charge is 0.335 e. The number of halogens is 1. The minimum atomic E-state index is 0.105. The number of hydrogen-bond donors (Lipinski definition) is 2. The Morgan fingerprint density at radius 1 is 0.879 bits per heavy atom. The lowest BCUT2D eigenvalue weighted by Crippen LogP contribution is -2.46. The van der Waals surface area contributed by atoms with Crippen molar-refractivity contribution in [2.75, 3.05) is 5.32 Å². The van der Waals surface area contributed by atoms with Gasteiger partial charge < -0.3 is 16.0 Å². The van der Waals surface area contributed by atoms with Gasteiger partial charge >= 0.3 is 0 Å². The smallest absolute Gasteiger partial charge is 0.227 e. The van der Waals surface area contributed by atoms with Crippen molar-refractivity contribution in [3.05, 3.63) is 28.8 Å². The molecule has 3 aliphatic carbocycles. The van der Waals surface area contributed by atoms with Crippen LogP contribution in [0, 0.1) is 11.8 Å². The summed E-state index contributed by atoms with van der Waals surface area (Å²) < 4.78 is 0. The van der Waals surface area contributed by atoms with Gasteiger partial charge in [0.2, 0.25) is 11.8 Å². The molecule has 0 bridgehead atoms. The number of carbonyl (C=O) groups excluding carboxylic acids is 2. The maximum atomic E-state index is 13.6. The average molecular weight is 474 g/mol. The Hall–Kier alpha value is -1.59. The highest BCUT2D eigenvalue weighted by atomic mass is 35.5. The van der Waals surface area contributed by atoms with E-state index in [1.807, 2.05) is 18.2 Å². The van der Waals surface area contributed by atoms with Crippen LogP contribution in [-0.4, -0.2) is 28.8 Å². The quantitative estimate of drug-likeness (QED) is 0.529. The summed E-state index contributed by atoms with van der Waals surface area (Å²) in [4.78, 5) is 28.5. The monoisotopic (exact) mass is 473 g/mol. The van der Waals surface area contributed by atoms with Crippen molar-refractivity contribution in [2.24, 2.45) is 17.6 Å². The molecule has 3 fully saturated rings. The molecule has 3 saturated carbocycles. The van der Waals surface area contributed by atoms with Crippen LogP contribution < -0.4 is 11.1 Å². The van der Waals surface area contributed by atoms with Crippen LogP contribution in [-0.2, 0) is 16.1 Å². The van der Waals surface area contributed by atoms with Gasteiger partial charge in [-0.25, -0.2) is 0 Å². The molecular weight excluding hydrogens is 434 g/mol. The van der Waals surface area contributed by atoms with Gasteiger partial charge in [0, 0.05) is 41.2 Å². The molecule has 0 aliphatic heterocycles. The Labute approximate surface area is 203 Å². The molecule has 33 heavy (non-hydrogen) atoms. The van der Waals surface area contributed by atoms with Crippen molar-refractivity contribution in [3.8, 4) is 0 Å². The fraction of sp³-hybridized carbons (Fsp3) is 0.704. The first-order valence-electron chi connectivity index (χ1n) is 13.2. The van der Waals surface area contributed by atoms with Crippen molar-refractivity contribution in [3.63, 3.8) is 0 Å². The van der Waals surface area contributed by atoms with Crippen molar-refractivity contribution in [1.29, 1.82) is 0 Å². The summed E-state index contributed by atoms with van der Waals surface area (Å²) in [7, 11) is 0. The Morgan fingerprint density at radius 3 is 2.12 bits per heavy atom. The van der Waals surface area contributed by atoms with Crippen molar-refractivity contribution in [2.45, 2.75) is 109 Å². The molecule has 5 nitrogen and oxygen atoms in total. The van der Waals surface area contributed by atoms with Crippen LogP contribution in [0.15, 0.2) is 18.2 Å². The zero-order valence-corrected chi connectivity index (χ0v) is 20.6. The summed E-state index contributed by atoms with van der Waals surface area (Å²) in [5.74, 6) is 0.623. The number of rotatable bonds is 6. The van der Waals surface area contributed by atoms with E-state index in [0.717, 1.165) is 88.3 Å². The summed E-state index contributed by atoms with van der Waals surface area (Å²) in [6, 6.07) is 6.16. The zero-order chi connectivity index (χ0) is 23.2. The summed E-state index contributed by atoms with van der Waals surface area (Å²) in [5, 5.41) is 3.77. The van der Waals surface area contributed by atoms with Gasteiger partial charge in [-0.2, -0.15) is 0 Å². The molecule has 0 aromatic heterocycles. The summed E-state index contributed by atoms with van der Waals surface area (Å²) in [5.41, 5.74) is 7.85. The third-order valence-corrected chi connectivity index (χ3v) is 8.42. The average Bonchev–Trinajstić information content (AvgIpc) is 2.85. The molecule has 0 heterocycles. The summed E-state index contributed by atoms with van der Waals surface area (Å²) in [6.45, 7) is 0.501. The van der Waals surface area contributed by atoms with Gasteiger partial charge in [0.25, 0.3) is 0 Å². The lowest BCUT2D eigenvalue weighted by Gasteiger charge is -2.39. The summed E-state index contributed by atoms with van der Waals surface area (Å²) in [6.07, 6.45) is 14.8. The second-order valence-electron chi connectivity index (χ2n) is 10.5. The van der Waals surface area contributed by atoms with Gasteiger partial charge in [-0.05, 0) is 75.1 Å². The molecule has 0 atom stereocenters. The maximum Gasteiger partial charge on any atom is 0.227 e. The Balaban J connectivity index is 1.50. The molecule has 4 rings (SSSR count). The second-order valence-corrected chi connectivity index (χ2v) is 10.9. The van der Waals surface area contributed by atoms with Crippen molar-refractivity contribution >= 4 is 29.1 Å². The maximum absolute atomic E-state index is 13.6. The third-order valence-electron chi connectivity index (χ3n) is 8.05. The van der Waals surface area contributed by atoms with Crippen LogP contribution in [0.1, 0.15) is 95.5 Å². The molecule has 182 valence electrons. The number of nitrogens with zero attached hydrogens (tertiary/aromatic N) is 1. The van der Waals surface area contributed by atoms with E-state index in [1.165, 1.54) is 12.8 Å². The van der Waals surface area contributed by atoms with E-state index in [0.29, 0.717) is 11.6 Å². The molecular formula is C27H40ClN3O2. The molecule has 0 spiro atoms.